The van der Waals surface area contributed by atoms with Crippen molar-refractivity contribution in [3.63, 3.8) is 0 Å². The topological polar surface area (TPSA) is 108 Å². The van der Waals surface area contributed by atoms with E-state index in [0.29, 0.717) is 11.3 Å². The molecule has 0 atom stereocenters. The lowest BCUT2D eigenvalue weighted by atomic mass is 10.1. The van der Waals surface area contributed by atoms with Crippen molar-refractivity contribution < 1.29 is 23.1 Å². The molecule has 0 radical (unpaired) electrons. The number of hydrogen-bond donors (Lipinski definition) is 2. The van der Waals surface area contributed by atoms with E-state index in [1.54, 1.807) is 36.4 Å². The predicted octanol–water partition coefficient (Wildman–Crippen LogP) is 3.67. The van der Waals surface area contributed by atoms with Crippen LogP contribution in [0.15, 0.2) is 70.7 Å². The summed E-state index contributed by atoms with van der Waals surface area (Å²) in [6.07, 6.45) is 1.37. The average molecular weight is 482 g/mol. The van der Waals surface area contributed by atoms with Crippen molar-refractivity contribution in [3.05, 3.63) is 82.9 Å². The van der Waals surface area contributed by atoms with Crippen molar-refractivity contribution in [2.45, 2.75) is 25.7 Å². The third-order valence-electron chi connectivity index (χ3n) is 5.35. The van der Waals surface area contributed by atoms with Gasteiger partial charge in [0.15, 0.2) is 11.5 Å². The van der Waals surface area contributed by atoms with Crippen LogP contribution in [-0.4, -0.2) is 39.3 Å². The highest BCUT2D eigenvalue weighted by atomic mass is 32.2. The Kier molecular flexibility index (Phi) is 7.57. The number of hydrogen-bond acceptors (Lipinski definition) is 6. The quantitative estimate of drug-likeness (QED) is 0.377. The lowest BCUT2D eigenvalue weighted by Gasteiger charge is -2.26. The summed E-state index contributed by atoms with van der Waals surface area (Å²) >= 11 is 0. The van der Waals surface area contributed by atoms with Gasteiger partial charge in [-0.05, 0) is 73.9 Å². The molecular weight excluding hydrogens is 454 g/mol. The molecule has 0 saturated heterocycles. The standard InChI is InChI=1S/C25H27N3O5S/c1-17-8-11-21(12-9-17)34(31,32)28(22-7-5-6-18(2)19(22)3)16-25(30)27-26-15-20-10-13-23(29)24(14-20)33-4/h5-15,29H,16H2,1-4H3,(H,27,30)/b26-15-. The molecule has 0 aliphatic heterocycles. The number of nitrogens with one attached hydrogen (secondary N) is 1. The third-order valence-corrected chi connectivity index (χ3v) is 7.12. The fourth-order valence-electron chi connectivity index (χ4n) is 3.26. The molecule has 3 aromatic rings. The molecule has 2 N–H and O–H groups in total. The van der Waals surface area contributed by atoms with Crippen LogP contribution >= 0.6 is 0 Å². The number of hydrazone groups is 1. The van der Waals surface area contributed by atoms with Gasteiger partial charge < -0.3 is 9.84 Å². The first kappa shape index (κ1) is 24.8. The van der Waals surface area contributed by atoms with Gasteiger partial charge in [0.1, 0.15) is 6.54 Å². The van der Waals surface area contributed by atoms with Gasteiger partial charge in [-0.15, -0.1) is 0 Å². The van der Waals surface area contributed by atoms with Crippen LogP contribution in [0.25, 0.3) is 0 Å². The van der Waals surface area contributed by atoms with Crippen LogP contribution < -0.4 is 14.5 Å². The number of carbonyl (C=O) groups is 1. The number of aryl methyl sites for hydroxylation is 2. The molecule has 0 saturated carbocycles. The van der Waals surface area contributed by atoms with Crippen molar-refractivity contribution >= 4 is 27.8 Å². The fourth-order valence-corrected chi connectivity index (χ4v) is 4.74. The number of nitrogens with zero attached hydrogens (tertiary/aromatic N) is 2. The number of sulfonamides is 1. The van der Waals surface area contributed by atoms with Crippen LogP contribution in [-0.2, 0) is 14.8 Å². The number of phenolic OH excluding ortho intramolecular Hbond substituents is 1. The van der Waals surface area contributed by atoms with Crippen molar-refractivity contribution in [1.82, 2.24) is 5.43 Å². The molecule has 3 aromatic carbocycles. The van der Waals surface area contributed by atoms with Gasteiger partial charge in [-0.2, -0.15) is 5.10 Å². The Labute approximate surface area is 199 Å². The summed E-state index contributed by atoms with van der Waals surface area (Å²) in [7, 11) is -2.60. The number of rotatable bonds is 8. The Bertz CT molecular complexity index is 1320. The van der Waals surface area contributed by atoms with E-state index in [9.17, 15) is 18.3 Å². The molecule has 0 heterocycles. The maximum Gasteiger partial charge on any atom is 0.264 e. The van der Waals surface area contributed by atoms with Gasteiger partial charge in [0, 0.05) is 0 Å². The van der Waals surface area contributed by atoms with E-state index in [4.69, 9.17) is 4.74 Å². The highest BCUT2D eigenvalue weighted by molar-refractivity contribution is 7.92. The number of anilines is 1. The SMILES string of the molecule is COc1cc(/C=N\NC(=O)CN(c2cccc(C)c2C)S(=O)(=O)c2ccc(C)cc2)ccc1O. The normalized spacial score (nSPS) is 11.4. The van der Waals surface area contributed by atoms with Gasteiger partial charge in [-0.1, -0.05) is 29.8 Å². The first-order chi connectivity index (χ1) is 16.1. The molecular formula is C25H27N3O5S. The largest absolute Gasteiger partial charge is 0.504 e. The summed E-state index contributed by atoms with van der Waals surface area (Å²) in [5, 5.41) is 13.6. The lowest BCUT2D eigenvalue weighted by Crippen LogP contribution is -2.40. The summed E-state index contributed by atoms with van der Waals surface area (Å²) in [6, 6.07) is 16.4. The highest BCUT2D eigenvalue weighted by Crippen LogP contribution is 2.29. The van der Waals surface area contributed by atoms with Crippen LogP contribution in [0.5, 0.6) is 11.5 Å². The maximum absolute atomic E-state index is 13.5. The molecule has 9 heteroatoms. The highest BCUT2D eigenvalue weighted by Gasteiger charge is 2.28. The summed E-state index contributed by atoms with van der Waals surface area (Å²) in [5.41, 5.74) is 5.95. The number of methoxy groups -OCH3 is 1. The Morgan fingerprint density at radius 2 is 1.79 bits per heavy atom. The number of aromatic hydroxyl groups is 1. The predicted molar refractivity (Wildman–Crippen MR) is 132 cm³/mol. The van der Waals surface area contributed by atoms with Crippen molar-refractivity contribution in [3.8, 4) is 11.5 Å². The van der Waals surface area contributed by atoms with Crippen LogP contribution in [0.4, 0.5) is 5.69 Å². The molecule has 0 unspecified atom stereocenters. The fraction of sp³-hybridized carbons (Fsp3) is 0.200. The zero-order chi connectivity index (χ0) is 24.9. The zero-order valence-electron chi connectivity index (χ0n) is 19.4. The monoisotopic (exact) mass is 481 g/mol. The van der Waals surface area contributed by atoms with E-state index < -0.39 is 22.5 Å². The molecule has 0 bridgehead atoms. The number of ether oxygens (including phenoxy) is 1. The maximum atomic E-state index is 13.5. The summed E-state index contributed by atoms with van der Waals surface area (Å²) in [4.78, 5) is 12.8. The molecule has 178 valence electrons. The van der Waals surface area contributed by atoms with Gasteiger partial charge in [0.2, 0.25) is 0 Å². The van der Waals surface area contributed by atoms with Crippen molar-refractivity contribution in [2.75, 3.05) is 18.0 Å². The second kappa shape index (κ2) is 10.4. The van der Waals surface area contributed by atoms with E-state index in [1.807, 2.05) is 26.8 Å². The molecule has 3 rings (SSSR count). The smallest absolute Gasteiger partial charge is 0.264 e. The Hall–Kier alpha value is -3.85. The Morgan fingerprint density at radius 3 is 2.47 bits per heavy atom. The lowest BCUT2D eigenvalue weighted by molar-refractivity contribution is -0.119. The Morgan fingerprint density at radius 1 is 1.09 bits per heavy atom. The van der Waals surface area contributed by atoms with Gasteiger partial charge in [-0.3, -0.25) is 9.10 Å². The van der Waals surface area contributed by atoms with Gasteiger partial charge >= 0.3 is 0 Å². The van der Waals surface area contributed by atoms with Crippen molar-refractivity contribution in [1.29, 1.82) is 0 Å². The van der Waals surface area contributed by atoms with E-state index in [2.05, 4.69) is 10.5 Å². The molecule has 0 fully saturated rings. The summed E-state index contributed by atoms with van der Waals surface area (Å²) < 4.78 is 33.2. The van der Waals surface area contributed by atoms with Crippen LogP contribution in [0.2, 0.25) is 0 Å². The van der Waals surface area contributed by atoms with E-state index in [-0.39, 0.29) is 16.4 Å². The minimum Gasteiger partial charge on any atom is -0.504 e. The van der Waals surface area contributed by atoms with Gasteiger partial charge in [0.05, 0.1) is 23.9 Å². The second-order valence-corrected chi connectivity index (χ2v) is 9.63. The minimum atomic E-state index is -4.02. The van der Waals surface area contributed by atoms with Gasteiger partial charge in [0.25, 0.3) is 15.9 Å². The molecule has 0 spiro atoms. The molecule has 8 nitrogen and oxygen atoms in total. The number of carbonyl (C=O) groups excluding carboxylic acids is 1. The van der Waals surface area contributed by atoms with Crippen LogP contribution in [0, 0.1) is 20.8 Å². The zero-order valence-corrected chi connectivity index (χ0v) is 20.3. The van der Waals surface area contributed by atoms with Gasteiger partial charge in [-0.25, -0.2) is 13.8 Å². The number of amides is 1. The molecule has 0 aliphatic rings. The number of phenols is 1. The summed E-state index contributed by atoms with van der Waals surface area (Å²) in [5.74, 6) is -0.367. The molecule has 34 heavy (non-hydrogen) atoms. The van der Waals surface area contributed by atoms with E-state index in [0.717, 1.165) is 21.0 Å². The molecule has 0 aliphatic carbocycles. The first-order valence-electron chi connectivity index (χ1n) is 10.5. The Balaban J connectivity index is 1.87. The van der Waals surface area contributed by atoms with E-state index >= 15 is 0 Å². The molecule has 1 amide bonds. The number of benzene rings is 3. The first-order valence-corrected chi connectivity index (χ1v) is 11.9. The van der Waals surface area contributed by atoms with Crippen LogP contribution in [0.1, 0.15) is 22.3 Å². The average Bonchev–Trinajstić information content (AvgIpc) is 2.81. The third kappa shape index (κ3) is 5.55. The van der Waals surface area contributed by atoms with E-state index in [1.165, 1.54) is 31.5 Å². The molecule has 0 aromatic heterocycles. The minimum absolute atomic E-state index is 0.0193. The summed E-state index contributed by atoms with van der Waals surface area (Å²) in [6.45, 7) is 5.10. The second-order valence-electron chi connectivity index (χ2n) is 7.77. The van der Waals surface area contributed by atoms with Crippen LogP contribution in [0.3, 0.4) is 0 Å². The van der Waals surface area contributed by atoms with Crippen molar-refractivity contribution in [2.24, 2.45) is 5.10 Å².